The van der Waals surface area contributed by atoms with Gasteiger partial charge in [0.1, 0.15) is 5.75 Å². The minimum absolute atomic E-state index is 0.418. The van der Waals surface area contributed by atoms with Crippen LogP contribution in [0.15, 0.2) is 24.3 Å². The Balaban J connectivity index is 2.23. The molecule has 0 amide bonds. The zero-order valence-corrected chi connectivity index (χ0v) is 11.8. The van der Waals surface area contributed by atoms with Gasteiger partial charge in [-0.3, -0.25) is 0 Å². The van der Waals surface area contributed by atoms with Crippen LogP contribution in [0.2, 0.25) is 0 Å². The van der Waals surface area contributed by atoms with E-state index in [-0.39, 0.29) is 0 Å². The highest BCUT2D eigenvalue weighted by Crippen LogP contribution is 2.55. The van der Waals surface area contributed by atoms with Crippen molar-refractivity contribution in [2.45, 2.75) is 46.1 Å². The van der Waals surface area contributed by atoms with E-state index in [1.54, 1.807) is 0 Å². The van der Waals surface area contributed by atoms with Gasteiger partial charge in [-0.15, -0.1) is 0 Å². The molecule has 1 saturated carbocycles. The van der Waals surface area contributed by atoms with Crippen molar-refractivity contribution in [1.82, 2.24) is 5.32 Å². The summed E-state index contributed by atoms with van der Waals surface area (Å²) in [6, 6.07) is 8.91. The lowest BCUT2D eigenvalue weighted by atomic mass is 9.91. The molecule has 0 radical (unpaired) electrons. The number of hydrogen-bond acceptors (Lipinski definition) is 2. The van der Waals surface area contributed by atoms with Gasteiger partial charge in [-0.25, -0.2) is 0 Å². The number of ether oxygens (including phenoxy) is 1. The van der Waals surface area contributed by atoms with Crippen LogP contribution in [0.25, 0.3) is 0 Å². The maximum atomic E-state index is 5.90. The van der Waals surface area contributed by atoms with E-state index in [1.165, 1.54) is 18.4 Å². The molecular formula is C16H25NO. The molecule has 1 N–H and O–H groups in total. The minimum Gasteiger partial charge on any atom is -0.493 e. The maximum absolute atomic E-state index is 5.90. The van der Waals surface area contributed by atoms with Crippen LogP contribution in [-0.2, 0) is 0 Å². The molecule has 100 valence electrons. The summed E-state index contributed by atoms with van der Waals surface area (Å²) in [6.07, 6.45) is 3.68. The molecule has 1 aromatic carbocycles. The van der Waals surface area contributed by atoms with Crippen molar-refractivity contribution in [2.24, 2.45) is 5.41 Å². The van der Waals surface area contributed by atoms with E-state index in [9.17, 15) is 0 Å². The Bertz CT molecular complexity index is 384. The number of hydrogen-bond donors (Lipinski definition) is 1. The van der Waals surface area contributed by atoms with Crippen LogP contribution >= 0.6 is 0 Å². The molecule has 1 unspecified atom stereocenters. The first-order valence-corrected chi connectivity index (χ1v) is 7.16. The van der Waals surface area contributed by atoms with Crippen LogP contribution in [0.5, 0.6) is 5.75 Å². The Morgan fingerprint density at radius 2 is 2.00 bits per heavy atom. The molecule has 0 aliphatic heterocycles. The highest BCUT2D eigenvalue weighted by atomic mass is 16.5. The van der Waals surface area contributed by atoms with E-state index in [0.29, 0.717) is 11.5 Å². The summed E-state index contributed by atoms with van der Waals surface area (Å²) in [6.45, 7) is 8.49. The Morgan fingerprint density at radius 1 is 1.28 bits per heavy atom. The van der Waals surface area contributed by atoms with Crippen molar-refractivity contribution in [3.8, 4) is 5.75 Å². The Kier molecular flexibility index (Phi) is 4.28. The maximum Gasteiger partial charge on any atom is 0.124 e. The van der Waals surface area contributed by atoms with Crippen molar-refractivity contribution >= 4 is 0 Å². The predicted molar refractivity (Wildman–Crippen MR) is 76.0 cm³/mol. The topological polar surface area (TPSA) is 21.3 Å². The van der Waals surface area contributed by atoms with Crippen LogP contribution < -0.4 is 10.1 Å². The van der Waals surface area contributed by atoms with Gasteiger partial charge in [-0.2, -0.15) is 0 Å². The minimum atomic E-state index is 0.418. The summed E-state index contributed by atoms with van der Waals surface area (Å²) in [4.78, 5) is 0. The number of rotatable bonds is 7. The Morgan fingerprint density at radius 3 is 2.61 bits per heavy atom. The first-order chi connectivity index (χ1) is 8.71. The molecule has 0 spiro atoms. The SMILES string of the molecule is CCCOc1ccccc1C(NCC)C1(C)CC1. The van der Waals surface area contributed by atoms with Crippen LogP contribution in [-0.4, -0.2) is 13.2 Å². The van der Waals surface area contributed by atoms with Gasteiger partial charge in [0.15, 0.2) is 0 Å². The molecule has 0 bridgehead atoms. The van der Waals surface area contributed by atoms with Gasteiger partial charge in [0, 0.05) is 11.6 Å². The van der Waals surface area contributed by atoms with Crippen LogP contribution in [0.1, 0.15) is 51.6 Å². The van der Waals surface area contributed by atoms with Gasteiger partial charge in [0.05, 0.1) is 6.61 Å². The van der Waals surface area contributed by atoms with Gasteiger partial charge in [0.2, 0.25) is 0 Å². The van der Waals surface area contributed by atoms with Crippen molar-refractivity contribution < 1.29 is 4.74 Å². The molecular weight excluding hydrogens is 222 g/mol. The fourth-order valence-electron chi connectivity index (χ4n) is 2.48. The Hall–Kier alpha value is -1.02. The summed E-state index contributed by atoms with van der Waals surface area (Å²) < 4.78 is 5.90. The number of nitrogens with one attached hydrogen (secondary N) is 1. The van der Waals surface area contributed by atoms with E-state index >= 15 is 0 Å². The number of para-hydroxylation sites is 1. The van der Waals surface area contributed by atoms with E-state index < -0.39 is 0 Å². The predicted octanol–water partition coefficient (Wildman–Crippen LogP) is 3.93. The van der Waals surface area contributed by atoms with Crippen molar-refractivity contribution in [3.05, 3.63) is 29.8 Å². The summed E-state index contributed by atoms with van der Waals surface area (Å²) in [5.74, 6) is 1.05. The number of benzene rings is 1. The second kappa shape index (κ2) is 5.75. The summed E-state index contributed by atoms with van der Waals surface area (Å²) in [5.41, 5.74) is 1.75. The lowest BCUT2D eigenvalue weighted by Gasteiger charge is -2.27. The van der Waals surface area contributed by atoms with E-state index in [2.05, 4.69) is 50.4 Å². The third-order valence-electron chi connectivity index (χ3n) is 3.84. The highest BCUT2D eigenvalue weighted by molar-refractivity contribution is 5.38. The molecule has 1 aromatic rings. The fourth-order valence-corrected chi connectivity index (χ4v) is 2.48. The molecule has 2 heteroatoms. The molecule has 18 heavy (non-hydrogen) atoms. The lowest BCUT2D eigenvalue weighted by Crippen LogP contribution is -2.28. The van der Waals surface area contributed by atoms with Gasteiger partial charge in [0.25, 0.3) is 0 Å². The highest BCUT2D eigenvalue weighted by Gasteiger charge is 2.45. The average Bonchev–Trinajstić information content (AvgIpc) is 3.13. The third-order valence-corrected chi connectivity index (χ3v) is 3.84. The molecule has 2 nitrogen and oxygen atoms in total. The molecule has 0 aromatic heterocycles. The zero-order chi connectivity index (χ0) is 13.0. The monoisotopic (exact) mass is 247 g/mol. The smallest absolute Gasteiger partial charge is 0.124 e. The second-order valence-corrected chi connectivity index (χ2v) is 5.53. The molecule has 1 fully saturated rings. The van der Waals surface area contributed by atoms with E-state index in [1.807, 2.05) is 0 Å². The van der Waals surface area contributed by atoms with Crippen molar-refractivity contribution in [1.29, 1.82) is 0 Å². The van der Waals surface area contributed by atoms with E-state index in [4.69, 9.17) is 4.74 Å². The van der Waals surface area contributed by atoms with Crippen molar-refractivity contribution in [3.63, 3.8) is 0 Å². The van der Waals surface area contributed by atoms with Gasteiger partial charge < -0.3 is 10.1 Å². The standard InChI is InChI=1S/C16H25NO/c1-4-12-18-14-9-7-6-8-13(14)15(17-5-2)16(3)10-11-16/h6-9,15,17H,4-5,10-12H2,1-3H3. The molecule has 0 heterocycles. The van der Waals surface area contributed by atoms with Crippen LogP contribution in [0.4, 0.5) is 0 Å². The normalized spacial score (nSPS) is 18.4. The summed E-state index contributed by atoms with van der Waals surface area (Å²) in [7, 11) is 0. The van der Waals surface area contributed by atoms with Crippen molar-refractivity contribution in [2.75, 3.05) is 13.2 Å². The third kappa shape index (κ3) is 2.86. The molecule has 1 aliphatic carbocycles. The average molecular weight is 247 g/mol. The fraction of sp³-hybridized carbons (Fsp3) is 0.625. The zero-order valence-electron chi connectivity index (χ0n) is 11.8. The lowest BCUT2D eigenvalue weighted by molar-refractivity contribution is 0.298. The first-order valence-electron chi connectivity index (χ1n) is 7.16. The second-order valence-electron chi connectivity index (χ2n) is 5.53. The quantitative estimate of drug-likeness (QED) is 0.788. The first kappa shape index (κ1) is 13.4. The van der Waals surface area contributed by atoms with E-state index in [0.717, 1.165) is 25.3 Å². The Labute approximate surface area is 111 Å². The van der Waals surface area contributed by atoms with Gasteiger partial charge in [-0.1, -0.05) is 39.0 Å². The summed E-state index contributed by atoms with van der Waals surface area (Å²) in [5, 5.41) is 3.64. The van der Waals surface area contributed by atoms with Gasteiger partial charge in [-0.05, 0) is 37.3 Å². The molecule has 1 atom stereocenters. The molecule has 0 saturated heterocycles. The van der Waals surface area contributed by atoms with Crippen LogP contribution in [0, 0.1) is 5.41 Å². The largest absolute Gasteiger partial charge is 0.493 e. The molecule has 2 rings (SSSR count). The molecule has 1 aliphatic rings. The summed E-state index contributed by atoms with van der Waals surface area (Å²) >= 11 is 0. The van der Waals surface area contributed by atoms with Crippen LogP contribution in [0.3, 0.4) is 0 Å². The van der Waals surface area contributed by atoms with Gasteiger partial charge >= 0.3 is 0 Å².